The number of carbonyl (C=O) groups excluding carboxylic acids is 1. The molecular formula is C28H31F3N2O3S. The number of aryl methyl sites for hydroxylation is 1. The molecule has 1 N–H and O–H groups in total. The van der Waals surface area contributed by atoms with Crippen LogP contribution in [0.15, 0.2) is 77.7 Å². The summed E-state index contributed by atoms with van der Waals surface area (Å²) in [4.78, 5) is 12.9. The number of hydrogen-bond acceptors (Lipinski definition) is 3. The van der Waals surface area contributed by atoms with Crippen LogP contribution >= 0.6 is 0 Å². The highest BCUT2D eigenvalue weighted by Crippen LogP contribution is 2.33. The minimum absolute atomic E-state index is 0.0409. The van der Waals surface area contributed by atoms with Crippen LogP contribution < -0.4 is 9.62 Å². The second-order valence-corrected chi connectivity index (χ2v) is 11.9. The molecule has 0 unspecified atom stereocenters. The van der Waals surface area contributed by atoms with Gasteiger partial charge in [0.1, 0.15) is 6.54 Å². The van der Waals surface area contributed by atoms with Crippen molar-refractivity contribution in [3.63, 3.8) is 0 Å². The molecular weight excluding hydrogens is 501 g/mol. The molecule has 0 aliphatic carbocycles. The number of halogens is 3. The van der Waals surface area contributed by atoms with Crippen molar-refractivity contribution in [1.29, 1.82) is 0 Å². The van der Waals surface area contributed by atoms with Gasteiger partial charge in [0.05, 0.1) is 22.2 Å². The lowest BCUT2D eigenvalue weighted by Crippen LogP contribution is -2.41. The molecule has 1 atom stereocenters. The Kier molecular flexibility index (Phi) is 8.07. The lowest BCUT2D eigenvalue weighted by atomic mass is 9.86. The smallest absolute Gasteiger partial charge is 0.348 e. The molecule has 0 radical (unpaired) electrons. The predicted molar refractivity (Wildman–Crippen MR) is 139 cm³/mol. The SMILES string of the molecule is Cc1ccc(S(=O)(=O)N(CC(=O)N[C@@H](C)c2ccc(C(C)(C)C)cc2)c2cccc(C(F)(F)F)c2)cc1. The molecule has 0 aromatic heterocycles. The van der Waals surface area contributed by atoms with Crippen molar-refractivity contribution in [3.8, 4) is 0 Å². The highest BCUT2D eigenvalue weighted by atomic mass is 32.2. The predicted octanol–water partition coefficient (Wildman–Crippen LogP) is 6.38. The van der Waals surface area contributed by atoms with Crippen LogP contribution in [0.5, 0.6) is 0 Å². The average Bonchev–Trinajstić information content (AvgIpc) is 2.82. The van der Waals surface area contributed by atoms with Gasteiger partial charge in [-0.05, 0) is 60.7 Å². The van der Waals surface area contributed by atoms with Crippen molar-refractivity contribution >= 4 is 21.6 Å². The molecule has 0 fully saturated rings. The number of rotatable bonds is 7. The highest BCUT2D eigenvalue weighted by molar-refractivity contribution is 7.92. The maximum atomic E-state index is 13.5. The van der Waals surface area contributed by atoms with Crippen LogP contribution in [0.4, 0.5) is 18.9 Å². The Hall–Kier alpha value is -3.33. The summed E-state index contributed by atoms with van der Waals surface area (Å²) in [5.74, 6) is -0.652. The molecule has 0 spiro atoms. The molecule has 3 aromatic rings. The van der Waals surface area contributed by atoms with E-state index in [0.717, 1.165) is 34.9 Å². The van der Waals surface area contributed by atoms with Gasteiger partial charge in [-0.2, -0.15) is 13.2 Å². The fourth-order valence-electron chi connectivity index (χ4n) is 3.76. The molecule has 3 rings (SSSR count). The summed E-state index contributed by atoms with van der Waals surface area (Å²) in [5.41, 5.74) is 1.44. The molecule has 0 heterocycles. The molecule has 0 aliphatic heterocycles. The topological polar surface area (TPSA) is 66.5 Å². The number of hydrogen-bond donors (Lipinski definition) is 1. The van der Waals surface area contributed by atoms with Crippen molar-refractivity contribution < 1.29 is 26.4 Å². The Balaban J connectivity index is 1.92. The maximum absolute atomic E-state index is 13.5. The Morgan fingerprint density at radius 2 is 1.51 bits per heavy atom. The number of anilines is 1. The summed E-state index contributed by atoms with van der Waals surface area (Å²) in [6.45, 7) is 9.11. The minimum atomic E-state index is -4.68. The van der Waals surface area contributed by atoms with Crippen LogP contribution in [0.1, 0.15) is 56.0 Å². The fourth-order valence-corrected chi connectivity index (χ4v) is 5.18. The number of sulfonamides is 1. The van der Waals surface area contributed by atoms with E-state index in [2.05, 4.69) is 26.1 Å². The van der Waals surface area contributed by atoms with E-state index in [4.69, 9.17) is 0 Å². The van der Waals surface area contributed by atoms with Gasteiger partial charge in [-0.15, -0.1) is 0 Å². The van der Waals surface area contributed by atoms with E-state index < -0.39 is 40.3 Å². The summed E-state index contributed by atoms with van der Waals surface area (Å²) in [6, 6.07) is 17.1. The molecule has 37 heavy (non-hydrogen) atoms. The van der Waals surface area contributed by atoms with Gasteiger partial charge in [-0.25, -0.2) is 8.42 Å². The molecule has 1 amide bonds. The van der Waals surface area contributed by atoms with Crippen molar-refractivity contribution in [1.82, 2.24) is 5.32 Å². The van der Waals surface area contributed by atoms with Crippen molar-refractivity contribution in [2.75, 3.05) is 10.8 Å². The number of carbonyl (C=O) groups is 1. The van der Waals surface area contributed by atoms with E-state index in [-0.39, 0.29) is 16.0 Å². The van der Waals surface area contributed by atoms with Crippen molar-refractivity contribution in [2.24, 2.45) is 0 Å². The molecule has 0 aliphatic rings. The minimum Gasteiger partial charge on any atom is -0.348 e. The van der Waals surface area contributed by atoms with Gasteiger partial charge in [0.2, 0.25) is 5.91 Å². The van der Waals surface area contributed by atoms with Crippen LogP contribution in [0.3, 0.4) is 0 Å². The Bertz CT molecular complexity index is 1350. The molecule has 0 saturated carbocycles. The third kappa shape index (κ3) is 6.91. The first-order valence-corrected chi connectivity index (χ1v) is 13.2. The highest BCUT2D eigenvalue weighted by Gasteiger charge is 2.33. The molecule has 0 saturated heterocycles. The van der Waals surface area contributed by atoms with Gasteiger partial charge in [0.25, 0.3) is 10.0 Å². The zero-order valence-corrected chi connectivity index (χ0v) is 22.2. The van der Waals surface area contributed by atoms with Crippen molar-refractivity contribution in [2.45, 2.75) is 57.1 Å². The van der Waals surface area contributed by atoms with Crippen LogP contribution in [0.25, 0.3) is 0 Å². The Morgan fingerprint density at radius 1 is 0.919 bits per heavy atom. The van der Waals surface area contributed by atoms with Crippen LogP contribution in [0.2, 0.25) is 0 Å². The fraction of sp³-hybridized carbons (Fsp3) is 0.321. The largest absolute Gasteiger partial charge is 0.416 e. The number of alkyl halides is 3. The van der Waals surface area contributed by atoms with E-state index in [1.807, 2.05) is 24.3 Å². The van der Waals surface area contributed by atoms with Crippen molar-refractivity contribution in [3.05, 3.63) is 95.1 Å². The molecule has 9 heteroatoms. The third-order valence-electron chi connectivity index (χ3n) is 6.01. The number of benzene rings is 3. The monoisotopic (exact) mass is 532 g/mol. The summed E-state index contributed by atoms with van der Waals surface area (Å²) in [6.07, 6.45) is -4.68. The first kappa shape index (κ1) is 28.2. The van der Waals surface area contributed by atoms with E-state index >= 15 is 0 Å². The van der Waals surface area contributed by atoms with Gasteiger partial charge in [0.15, 0.2) is 0 Å². The van der Waals surface area contributed by atoms with Crippen LogP contribution in [0, 0.1) is 6.92 Å². The molecule has 0 bridgehead atoms. The zero-order valence-electron chi connectivity index (χ0n) is 21.4. The van der Waals surface area contributed by atoms with E-state index in [1.165, 1.54) is 18.2 Å². The van der Waals surface area contributed by atoms with E-state index in [0.29, 0.717) is 4.31 Å². The molecule has 198 valence electrons. The first-order chi connectivity index (χ1) is 17.1. The summed E-state index contributed by atoms with van der Waals surface area (Å²) >= 11 is 0. The summed E-state index contributed by atoms with van der Waals surface area (Å²) in [5, 5.41) is 2.76. The number of amides is 1. The quantitative estimate of drug-likeness (QED) is 0.384. The molecule has 3 aromatic carbocycles. The Labute approximate surface area is 216 Å². The second-order valence-electron chi connectivity index (χ2n) is 10.0. The van der Waals surface area contributed by atoms with Gasteiger partial charge in [0, 0.05) is 0 Å². The van der Waals surface area contributed by atoms with E-state index in [1.54, 1.807) is 26.0 Å². The summed E-state index contributed by atoms with van der Waals surface area (Å²) in [7, 11) is -4.35. The lowest BCUT2D eigenvalue weighted by molar-refractivity contribution is -0.137. The summed E-state index contributed by atoms with van der Waals surface area (Å²) < 4.78 is 67.8. The molecule has 5 nitrogen and oxygen atoms in total. The normalized spacial score (nSPS) is 13.2. The Morgan fingerprint density at radius 3 is 2.05 bits per heavy atom. The first-order valence-electron chi connectivity index (χ1n) is 11.8. The van der Waals surface area contributed by atoms with Gasteiger partial charge in [-0.1, -0.05) is 68.8 Å². The second kappa shape index (κ2) is 10.6. The standard InChI is InChI=1S/C28H31F3N2O3S/c1-19-9-15-25(16-10-19)37(35,36)33(24-8-6-7-23(17-24)28(29,30)31)18-26(34)32-20(2)21-11-13-22(14-12-21)27(3,4)5/h6-17,20H,18H2,1-5H3,(H,32,34)/t20-/m0/s1. The van der Waals surface area contributed by atoms with Gasteiger partial charge < -0.3 is 5.32 Å². The van der Waals surface area contributed by atoms with Crippen LogP contribution in [-0.4, -0.2) is 20.9 Å². The third-order valence-corrected chi connectivity index (χ3v) is 7.80. The maximum Gasteiger partial charge on any atom is 0.416 e. The van der Waals surface area contributed by atoms with Gasteiger partial charge >= 0.3 is 6.18 Å². The van der Waals surface area contributed by atoms with Gasteiger partial charge in [-0.3, -0.25) is 9.10 Å². The van der Waals surface area contributed by atoms with E-state index in [9.17, 15) is 26.4 Å². The number of nitrogens with one attached hydrogen (secondary N) is 1. The zero-order chi connectivity index (χ0) is 27.6. The van der Waals surface area contributed by atoms with Crippen LogP contribution in [-0.2, 0) is 26.4 Å². The lowest BCUT2D eigenvalue weighted by Gasteiger charge is -2.26. The number of nitrogens with zero attached hydrogens (tertiary/aromatic N) is 1. The average molecular weight is 533 g/mol.